The van der Waals surface area contributed by atoms with E-state index < -0.39 is 5.92 Å². The minimum Gasteiger partial charge on any atom is -0.494 e. The lowest BCUT2D eigenvalue weighted by molar-refractivity contribution is -0.129. The molecule has 0 radical (unpaired) electrons. The summed E-state index contributed by atoms with van der Waals surface area (Å²) in [5.41, 5.74) is 1.67. The van der Waals surface area contributed by atoms with E-state index in [2.05, 4.69) is 10.3 Å². The number of carbonyl (C=O) groups excluding carboxylic acids is 2. The number of hydrogen-bond acceptors (Lipinski definition) is 4. The highest BCUT2D eigenvalue weighted by Gasteiger charge is 2.35. The number of nitrogens with one attached hydrogen (secondary N) is 1. The van der Waals surface area contributed by atoms with Crippen molar-refractivity contribution in [2.75, 3.05) is 6.61 Å². The molecule has 2 unspecified atom stereocenters. The zero-order chi connectivity index (χ0) is 16.9. The predicted molar refractivity (Wildman–Crippen MR) is 92.2 cm³/mol. The first-order valence-corrected chi connectivity index (χ1v) is 8.46. The SMILES string of the molecule is CCOc1ccc(CNC(=O)C2C=NC3CCCC=C3C2=O)cc1. The second-order valence-electron chi connectivity index (χ2n) is 6.04. The van der Waals surface area contributed by atoms with Crippen LogP contribution in [-0.4, -0.2) is 30.6 Å². The number of ether oxygens (including phenoxy) is 1. The molecule has 1 aliphatic carbocycles. The highest BCUT2D eigenvalue weighted by molar-refractivity contribution is 6.21. The van der Waals surface area contributed by atoms with E-state index in [1.165, 1.54) is 6.21 Å². The van der Waals surface area contributed by atoms with E-state index in [0.29, 0.717) is 18.7 Å². The normalized spacial score (nSPS) is 22.5. The third-order valence-electron chi connectivity index (χ3n) is 4.37. The lowest BCUT2D eigenvalue weighted by Gasteiger charge is -2.26. The number of amides is 1. The van der Waals surface area contributed by atoms with E-state index >= 15 is 0 Å². The minimum atomic E-state index is -0.798. The van der Waals surface area contributed by atoms with Gasteiger partial charge in [-0.2, -0.15) is 0 Å². The maximum Gasteiger partial charge on any atom is 0.236 e. The van der Waals surface area contributed by atoms with Gasteiger partial charge in [0, 0.05) is 18.3 Å². The van der Waals surface area contributed by atoms with E-state index in [-0.39, 0.29) is 17.7 Å². The number of aliphatic imine (C=N–C) groups is 1. The highest BCUT2D eigenvalue weighted by atomic mass is 16.5. The van der Waals surface area contributed by atoms with Gasteiger partial charge in [0.1, 0.15) is 11.7 Å². The van der Waals surface area contributed by atoms with Crippen LogP contribution in [-0.2, 0) is 16.1 Å². The average molecular weight is 326 g/mol. The molecule has 1 aromatic carbocycles. The van der Waals surface area contributed by atoms with Crippen LogP contribution in [0.2, 0.25) is 0 Å². The van der Waals surface area contributed by atoms with Gasteiger partial charge in [-0.3, -0.25) is 14.6 Å². The Kier molecular flexibility index (Phi) is 5.08. The molecule has 3 rings (SSSR count). The molecule has 24 heavy (non-hydrogen) atoms. The van der Waals surface area contributed by atoms with Gasteiger partial charge >= 0.3 is 0 Å². The van der Waals surface area contributed by atoms with Crippen molar-refractivity contribution in [3.63, 3.8) is 0 Å². The van der Waals surface area contributed by atoms with E-state index in [9.17, 15) is 9.59 Å². The standard InChI is InChI=1S/C19H22N2O3/c1-2-24-14-9-7-13(8-10-14)11-21-19(23)16-12-20-17-6-4-3-5-15(17)18(16)22/h5,7-10,12,16-17H,2-4,6,11H2,1H3,(H,21,23). The Morgan fingerprint density at radius 1 is 1.33 bits per heavy atom. The fraction of sp³-hybridized carbons (Fsp3) is 0.421. The van der Waals surface area contributed by atoms with Crippen molar-refractivity contribution in [3.05, 3.63) is 41.5 Å². The maximum atomic E-state index is 12.5. The van der Waals surface area contributed by atoms with Gasteiger partial charge in [0.15, 0.2) is 5.78 Å². The van der Waals surface area contributed by atoms with Crippen LogP contribution in [0.15, 0.2) is 40.9 Å². The monoisotopic (exact) mass is 326 g/mol. The van der Waals surface area contributed by atoms with Crippen molar-refractivity contribution in [2.45, 2.75) is 38.8 Å². The Labute approximate surface area is 141 Å². The largest absolute Gasteiger partial charge is 0.494 e. The molecule has 0 spiro atoms. The van der Waals surface area contributed by atoms with Gasteiger partial charge in [0.25, 0.3) is 0 Å². The van der Waals surface area contributed by atoms with Crippen LogP contribution in [0, 0.1) is 5.92 Å². The molecule has 5 nitrogen and oxygen atoms in total. The first-order valence-electron chi connectivity index (χ1n) is 8.46. The lowest BCUT2D eigenvalue weighted by atomic mass is 9.84. The molecule has 0 aromatic heterocycles. The summed E-state index contributed by atoms with van der Waals surface area (Å²) in [5.74, 6) is -0.382. The second kappa shape index (κ2) is 7.43. The van der Waals surface area contributed by atoms with Crippen molar-refractivity contribution in [2.24, 2.45) is 10.9 Å². The molecule has 1 amide bonds. The van der Waals surface area contributed by atoms with Gasteiger partial charge < -0.3 is 10.1 Å². The highest BCUT2D eigenvalue weighted by Crippen LogP contribution is 2.27. The molecule has 1 heterocycles. The van der Waals surface area contributed by atoms with Crippen LogP contribution >= 0.6 is 0 Å². The molecule has 0 fully saturated rings. The first kappa shape index (κ1) is 16.4. The number of ketones is 1. The maximum absolute atomic E-state index is 12.5. The van der Waals surface area contributed by atoms with Crippen LogP contribution in [0.3, 0.4) is 0 Å². The Morgan fingerprint density at radius 2 is 2.12 bits per heavy atom. The van der Waals surface area contributed by atoms with E-state index in [1.54, 1.807) is 0 Å². The molecule has 126 valence electrons. The molecule has 0 saturated heterocycles. The summed E-state index contributed by atoms with van der Waals surface area (Å²) in [6.45, 7) is 2.94. The Balaban J connectivity index is 1.60. The Bertz CT molecular complexity index is 676. The zero-order valence-corrected chi connectivity index (χ0v) is 13.8. The van der Waals surface area contributed by atoms with E-state index in [0.717, 1.165) is 30.6 Å². The predicted octanol–water partition coefficient (Wildman–Crippen LogP) is 2.45. The van der Waals surface area contributed by atoms with Gasteiger partial charge in [0.05, 0.1) is 12.6 Å². The third-order valence-corrected chi connectivity index (χ3v) is 4.37. The first-order chi connectivity index (χ1) is 11.7. The number of nitrogens with zero attached hydrogens (tertiary/aromatic N) is 1. The van der Waals surface area contributed by atoms with Gasteiger partial charge in [-0.1, -0.05) is 18.2 Å². The lowest BCUT2D eigenvalue weighted by Crippen LogP contribution is -2.41. The van der Waals surface area contributed by atoms with Crippen LogP contribution < -0.4 is 10.1 Å². The molecular formula is C19H22N2O3. The van der Waals surface area contributed by atoms with Crippen molar-refractivity contribution < 1.29 is 14.3 Å². The molecule has 1 aliphatic heterocycles. The molecule has 2 atom stereocenters. The third kappa shape index (κ3) is 3.55. The smallest absolute Gasteiger partial charge is 0.236 e. The fourth-order valence-electron chi connectivity index (χ4n) is 3.07. The molecule has 5 heteroatoms. The number of hydrogen-bond donors (Lipinski definition) is 1. The fourth-order valence-corrected chi connectivity index (χ4v) is 3.07. The zero-order valence-electron chi connectivity index (χ0n) is 13.8. The van der Waals surface area contributed by atoms with Gasteiger partial charge in [0.2, 0.25) is 5.91 Å². The summed E-state index contributed by atoms with van der Waals surface area (Å²) in [6.07, 6.45) is 6.30. The number of carbonyl (C=O) groups is 2. The summed E-state index contributed by atoms with van der Waals surface area (Å²) in [6, 6.07) is 7.51. The number of rotatable bonds is 5. The molecular weight excluding hydrogens is 304 g/mol. The molecule has 2 aliphatic rings. The summed E-state index contributed by atoms with van der Waals surface area (Å²) in [5, 5.41) is 2.83. The Morgan fingerprint density at radius 3 is 2.88 bits per heavy atom. The number of allylic oxidation sites excluding steroid dienone is 1. The van der Waals surface area contributed by atoms with Gasteiger partial charge in [-0.15, -0.1) is 0 Å². The summed E-state index contributed by atoms with van der Waals surface area (Å²) in [4.78, 5) is 29.2. The van der Waals surface area contributed by atoms with Crippen molar-refractivity contribution in [3.8, 4) is 5.75 Å². The van der Waals surface area contributed by atoms with E-state index in [1.807, 2.05) is 37.3 Å². The molecule has 1 aromatic rings. The molecule has 1 N–H and O–H groups in total. The molecule has 0 saturated carbocycles. The number of fused-ring (bicyclic) bond motifs is 1. The minimum absolute atomic E-state index is 0.0404. The number of Topliss-reactive ketones (excluding diaryl/α,β-unsaturated/α-hetero) is 1. The van der Waals surface area contributed by atoms with Crippen molar-refractivity contribution in [1.82, 2.24) is 5.32 Å². The van der Waals surface area contributed by atoms with Crippen molar-refractivity contribution >= 4 is 17.9 Å². The Hall–Kier alpha value is -2.43. The van der Waals surface area contributed by atoms with Gasteiger partial charge in [-0.05, 0) is 43.9 Å². The average Bonchev–Trinajstić information content (AvgIpc) is 2.62. The van der Waals surface area contributed by atoms with Gasteiger partial charge in [-0.25, -0.2) is 0 Å². The molecule has 0 bridgehead atoms. The van der Waals surface area contributed by atoms with Crippen LogP contribution in [0.5, 0.6) is 5.75 Å². The van der Waals surface area contributed by atoms with E-state index in [4.69, 9.17) is 4.74 Å². The van der Waals surface area contributed by atoms with Crippen molar-refractivity contribution in [1.29, 1.82) is 0 Å². The number of benzene rings is 1. The quantitative estimate of drug-likeness (QED) is 0.845. The summed E-state index contributed by atoms with van der Waals surface area (Å²) < 4.78 is 5.39. The van der Waals surface area contributed by atoms with Crippen LogP contribution in [0.1, 0.15) is 31.7 Å². The summed E-state index contributed by atoms with van der Waals surface area (Å²) in [7, 11) is 0. The van der Waals surface area contributed by atoms with Crippen LogP contribution in [0.4, 0.5) is 0 Å². The summed E-state index contributed by atoms with van der Waals surface area (Å²) >= 11 is 0. The second-order valence-corrected chi connectivity index (χ2v) is 6.04. The van der Waals surface area contributed by atoms with Crippen LogP contribution in [0.25, 0.3) is 0 Å². The topological polar surface area (TPSA) is 67.8 Å².